The van der Waals surface area contributed by atoms with Crippen LogP contribution in [0.15, 0.2) is 41.6 Å². The van der Waals surface area contributed by atoms with E-state index in [1.807, 2.05) is 23.9 Å². The topological polar surface area (TPSA) is 102 Å². The van der Waals surface area contributed by atoms with Gasteiger partial charge in [0.25, 0.3) is 11.5 Å². The molecular formula is C18H21N7O2. The largest absolute Gasteiger partial charge is 0.338 e. The summed E-state index contributed by atoms with van der Waals surface area (Å²) in [4.78, 5) is 29.0. The lowest BCUT2D eigenvalue weighted by atomic mass is 9.96. The Morgan fingerprint density at radius 3 is 3.00 bits per heavy atom. The predicted octanol–water partition coefficient (Wildman–Crippen LogP) is 0.768. The molecule has 1 aliphatic heterocycles. The SMILES string of the molecule is Cn1c(Cn2cccn2)nnc1[C@H]1CCCN(C(=O)c2ccc[nH]c2=O)C1. The van der Waals surface area contributed by atoms with Gasteiger partial charge in [-0.15, -0.1) is 10.2 Å². The first kappa shape index (κ1) is 17.2. The molecule has 3 aromatic heterocycles. The molecule has 1 atom stereocenters. The van der Waals surface area contributed by atoms with E-state index in [4.69, 9.17) is 0 Å². The number of hydrogen-bond acceptors (Lipinski definition) is 5. The van der Waals surface area contributed by atoms with Gasteiger partial charge in [-0.1, -0.05) is 0 Å². The number of nitrogens with one attached hydrogen (secondary N) is 1. The molecule has 1 amide bonds. The molecule has 27 heavy (non-hydrogen) atoms. The summed E-state index contributed by atoms with van der Waals surface area (Å²) in [5, 5.41) is 12.9. The van der Waals surface area contributed by atoms with Gasteiger partial charge < -0.3 is 14.5 Å². The summed E-state index contributed by atoms with van der Waals surface area (Å²) in [7, 11) is 1.94. The number of hydrogen-bond donors (Lipinski definition) is 1. The Morgan fingerprint density at radius 1 is 1.33 bits per heavy atom. The second-order valence-electron chi connectivity index (χ2n) is 6.74. The van der Waals surface area contributed by atoms with Gasteiger partial charge in [-0.2, -0.15) is 5.10 Å². The van der Waals surface area contributed by atoms with Crippen LogP contribution in [0.5, 0.6) is 0 Å². The van der Waals surface area contributed by atoms with E-state index in [-0.39, 0.29) is 22.9 Å². The van der Waals surface area contributed by atoms with Crippen LogP contribution in [0.3, 0.4) is 0 Å². The first-order valence-corrected chi connectivity index (χ1v) is 8.96. The second-order valence-corrected chi connectivity index (χ2v) is 6.74. The average molecular weight is 367 g/mol. The number of piperidine rings is 1. The maximum Gasteiger partial charge on any atom is 0.260 e. The number of nitrogens with zero attached hydrogens (tertiary/aromatic N) is 6. The number of rotatable bonds is 4. The molecule has 9 nitrogen and oxygen atoms in total. The molecular weight excluding hydrogens is 346 g/mol. The molecule has 4 rings (SSSR count). The lowest BCUT2D eigenvalue weighted by Crippen LogP contribution is -2.41. The van der Waals surface area contributed by atoms with E-state index in [0.29, 0.717) is 19.6 Å². The second kappa shape index (κ2) is 7.18. The zero-order valence-electron chi connectivity index (χ0n) is 15.1. The van der Waals surface area contributed by atoms with Gasteiger partial charge in [0.1, 0.15) is 17.9 Å². The highest BCUT2D eigenvalue weighted by Gasteiger charge is 2.29. The van der Waals surface area contributed by atoms with Gasteiger partial charge >= 0.3 is 0 Å². The van der Waals surface area contributed by atoms with Crippen molar-refractivity contribution in [2.45, 2.75) is 25.3 Å². The highest BCUT2D eigenvalue weighted by atomic mass is 16.2. The molecule has 0 aromatic carbocycles. The van der Waals surface area contributed by atoms with Gasteiger partial charge in [0, 0.05) is 44.6 Å². The number of pyridine rings is 1. The van der Waals surface area contributed by atoms with Gasteiger partial charge in [-0.3, -0.25) is 14.3 Å². The molecule has 0 unspecified atom stereocenters. The summed E-state index contributed by atoms with van der Waals surface area (Å²) in [6.07, 6.45) is 6.93. The van der Waals surface area contributed by atoms with Gasteiger partial charge in [-0.05, 0) is 31.0 Å². The van der Waals surface area contributed by atoms with Crippen molar-refractivity contribution < 1.29 is 4.79 Å². The number of likely N-dealkylation sites (tertiary alicyclic amines) is 1. The maximum atomic E-state index is 12.8. The van der Waals surface area contributed by atoms with Gasteiger partial charge in [0.2, 0.25) is 0 Å². The summed E-state index contributed by atoms with van der Waals surface area (Å²) in [5.41, 5.74) is -0.180. The predicted molar refractivity (Wildman–Crippen MR) is 97.3 cm³/mol. The summed E-state index contributed by atoms with van der Waals surface area (Å²) >= 11 is 0. The fourth-order valence-corrected chi connectivity index (χ4v) is 3.54. The van der Waals surface area contributed by atoms with Crippen LogP contribution in [0.1, 0.15) is 40.8 Å². The summed E-state index contributed by atoms with van der Waals surface area (Å²) in [6, 6.07) is 5.10. The molecule has 9 heteroatoms. The molecule has 1 aliphatic rings. The minimum Gasteiger partial charge on any atom is -0.338 e. The standard InChI is InChI=1S/C18H21N7O2/c1-23-15(12-25-10-4-8-20-25)21-22-16(23)13-5-3-9-24(11-13)18(27)14-6-2-7-19-17(14)26/h2,4,6-8,10,13H,3,5,9,11-12H2,1H3,(H,19,26)/t13-/m0/s1. The normalized spacial score (nSPS) is 17.2. The van der Waals surface area contributed by atoms with Crippen LogP contribution < -0.4 is 5.56 Å². The number of aromatic amines is 1. The number of carbonyl (C=O) groups is 1. The smallest absolute Gasteiger partial charge is 0.260 e. The highest BCUT2D eigenvalue weighted by Crippen LogP contribution is 2.26. The van der Waals surface area contributed by atoms with Crippen molar-refractivity contribution in [3.63, 3.8) is 0 Å². The third kappa shape index (κ3) is 3.40. The van der Waals surface area contributed by atoms with Crippen LogP contribution in [-0.2, 0) is 13.6 Å². The Morgan fingerprint density at radius 2 is 2.22 bits per heavy atom. The van der Waals surface area contributed by atoms with Gasteiger partial charge in [-0.25, -0.2) is 0 Å². The van der Waals surface area contributed by atoms with E-state index < -0.39 is 0 Å². The molecule has 1 saturated heterocycles. The fraction of sp³-hybridized carbons (Fsp3) is 0.389. The lowest BCUT2D eigenvalue weighted by Gasteiger charge is -2.32. The maximum absolute atomic E-state index is 12.8. The minimum atomic E-state index is -0.357. The van der Waals surface area contributed by atoms with Crippen LogP contribution in [0.4, 0.5) is 0 Å². The zero-order chi connectivity index (χ0) is 18.8. The Hall–Kier alpha value is -3.23. The molecule has 0 spiro atoms. The number of amides is 1. The van der Waals surface area contributed by atoms with Crippen molar-refractivity contribution in [2.75, 3.05) is 13.1 Å². The quantitative estimate of drug-likeness (QED) is 0.734. The average Bonchev–Trinajstić information content (AvgIpc) is 3.32. The van der Waals surface area contributed by atoms with Crippen LogP contribution >= 0.6 is 0 Å². The monoisotopic (exact) mass is 367 g/mol. The van der Waals surface area contributed by atoms with Crippen molar-refractivity contribution in [3.05, 3.63) is 64.4 Å². The van der Waals surface area contributed by atoms with Crippen molar-refractivity contribution in [2.24, 2.45) is 7.05 Å². The number of aromatic nitrogens is 6. The van der Waals surface area contributed by atoms with Crippen LogP contribution in [0, 0.1) is 0 Å². The Balaban J connectivity index is 1.52. The fourth-order valence-electron chi connectivity index (χ4n) is 3.54. The van der Waals surface area contributed by atoms with E-state index in [9.17, 15) is 9.59 Å². The third-order valence-electron chi connectivity index (χ3n) is 4.98. The zero-order valence-corrected chi connectivity index (χ0v) is 15.1. The molecule has 1 fully saturated rings. The summed E-state index contributed by atoms with van der Waals surface area (Å²) in [5.74, 6) is 1.53. The molecule has 0 bridgehead atoms. The Labute approximate surface area is 155 Å². The Bertz CT molecular complexity index is 989. The van der Waals surface area contributed by atoms with Gasteiger partial charge in [0.15, 0.2) is 5.82 Å². The Kier molecular flexibility index (Phi) is 4.57. The first-order valence-electron chi connectivity index (χ1n) is 8.96. The molecule has 0 saturated carbocycles. The van der Waals surface area contributed by atoms with Crippen LogP contribution in [-0.4, -0.2) is 53.4 Å². The van der Waals surface area contributed by atoms with E-state index in [1.165, 1.54) is 6.20 Å². The molecule has 4 heterocycles. The first-order chi connectivity index (χ1) is 13.1. The van der Waals surface area contributed by atoms with E-state index in [2.05, 4.69) is 20.3 Å². The molecule has 0 radical (unpaired) electrons. The van der Waals surface area contributed by atoms with Crippen molar-refractivity contribution in [1.29, 1.82) is 0 Å². The summed E-state index contributed by atoms with van der Waals surface area (Å²) in [6.45, 7) is 1.72. The van der Waals surface area contributed by atoms with Crippen molar-refractivity contribution >= 4 is 5.91 Å². The summed E-state index contributed by atoms with van der Waals surface area (Å²) < 4.78 is 3.78. The highest BCUT2D eigenvalue weighted by molar-refractivity contribution is 5.93. The molecule has 0 aliphatic carbocycles. The molecule has 140 valence electrons. The molecule has 1 N–H and O–H groups in total. The van der Waals surface area contributed by atoms with Crippen molar-refractivity contribution in [3.8, 4) is 0 Å². The van der Waals surface area contributed by atoms with E-state index in [0.717, 1.165) is 24.5 Å². The number of carbonyl (C=O) groups excluding carboxylic acids is 1. The van der Waals surface area contributed by atoms with Crippen LogP contribution in [0.2, 0.25) is 0 Å². The van der Waals surface area contributed by atoms with Crippen molar-refractivity contribution in [1.82, 2.24) is 34.4 Å². The third-order valence-corrected chi connectivity index (χ3v) is 4.98. The number of H-pyrrole nitrogens is 1. The molecule has 3 aromatic rings. The van der Waals surface area contributed by atoms with E-state index >= 15 is 0 Å². The lowest BCUT2D eigenvalue weighted by molar-refractivity contribution is 0.0701. The van der Waals surface area contributed by atoms with E-state index in [1.54, 1.807) is 27.9 Å². The minimum absolute atomic E-state index is 0.0920. The van der Waals surface area contributed by atoms with Gasteiger partial charge in [0.05, 0.1) is 0 Å². The van der Waals surface area contributed by atoms with Crippen LogP contribution in [0.25, 0.3) is 0 Å².